The van der Waals surface area contributed by atoms with Crippen molar-refractivity contribution < 1.29 is 9.90 Å². The lowest BCUT2D eigenvalue weighted by atomic mass is 9.99. The van der Waals surface area contributed by atoms with E-state index in [1.165, 1.54) is 0 Å². The van der Waals surface area contributed by atoms with Crippen LogP contribution in [0.3, 0.4) is 0 Å². The molecule has 1 rings (SSSR count). The van der Waals surface area contributed by atoms with Crippen LogP contribution >= 0.6 is 0 Å². The van der Waals surface area contributed by atoms with Crippen LogP contribution < -0.4 is 11.1 Å². The number of carbonyl (C=O) groups is 1. The first-order valence-electron chi connectivity index (χ1n) is 5.84. The van der Waals surface area contributed by atoms with Gasteiger partial charge < -0.3 is 16.2 Å². The maximum Gasteiger partial charge on any atom is 0.241 e. The van der Waals surface area contributed by atoms with Gasteiger partial charge in [0.05, 0.1) is 12.6 Å². The second-order valence-corrected chi connectivity index (χ2v) is 4.26. The van der Waals surface area contributed by atoms with E-state index in [1.807, 2.05) is 13.8 Å². The minimum absolute atomic E-state index is 0.0405. The van der Waals surface area contributed by atoms with Crippen LogP contribution in [0.15, 0.2) is 24.3 Å². The average molecular weight is 236 g/mol. The molecule has 1 aromatic rings. The van der Waals surface area contributed by atoms with Crippen molar-refractivity contribution in [2.45, 2.75) is 32.9 Å². The lowest BCUT2D eigenvalue weighted by Crippen LogP contribution is -2.40. The van der Waals surface area contributed by atoms with E-state index in [0.29, 0.717) is 5.69 Å². The molecule has 0 saturated heterocycles. The van der Waals surface area contributed by atoms with Crippen LogP contribution in [0.1, 0.15) is 25.8 Å². The van der Waals surface area contributed by atoms with E-state index in [-0.39, 0.29) is 18.4 Å². The number of nitrogens with two attached hydrogens (primary N) is 1. The first-order chi connectivity index (χ1) is 8.08. The number of hydrogen-bond acceptors (Lipinski definition) is 3. The maximum atomic E-state index is 11.8. The third-order valence-electron chi connectivity index (χ3n) is 2.94. The standard InChI is InChI=1S/C13H20N2O2/c1-3-9(2)12(14)13(17)15-11-6-4-5-10(7-11)8-16/h4-7,9,12,16H,3,8,14H2,1-2H3,(H,15,17)/t9-,12-/m0/s1. The smallest absolute Gasteiger partial charge is 0.241 e. The van der Waals surface area contributed by atoms with E-state index >= 15 is 0 Å². The molecule has 0 aromatic heterocycles. The van der Waals surface area contributed by atoms with Gasteiger partial charge in [0.25, 0.3) is 0 Å². The molecule has 4 N–H and O–H groups in total. The zero-order chi connectivity index (χ0) is 12.8. The lowest BCUT2D eigenvalue weighted by Gasteiger charge is -2.17. The van der Waals surface area contributed by atoms with Crippen LogP contribution in [0.2, 0.25) is 0 Å². The Balaban J connectivity index is 2.67. The normalized spacial score (nSPS) is 14.1. The van der Waals surface area contributed by atoms with Crippen LogP contribution in [0, 0.1) is 5.92 Å². The minimum Gasteiger partial charge on any atom is -0.392 e. The molecular formula is C13H20N2O2. The third kappa shape index (κ3) is 3.84. The van der Waals surface area contributed by atoms with Crippen molar-refractivity contribution in [3.8, 4) is 0 Å². The number of aliphatic hydroxyl groups is 1. The third-order valence-corrected chi connectivity index (χ3v) is 2.94. The largest absolute Gasteiger partial charge is 0.392 e. The minimum atomic E-state index is -0.502. The number of nitrogens with one attached hydrogen (secondary N) is 1. The van der Waals surface area contributed by atoms with E-state index in [2.05, 4.69) is 5.32 Å². The van der Waals surface area contributed by atoms with Crippen molar-refractivity contribution in [1.82, 2.24) is 0 Å². The predicted molar refractivity (Wildman–Crippen MR) is 68.4 cm³/mol. The Morgan fingerprint density at radius 2 is 2.24 bits per heavy atom. The van der Waals surface area contributed by atoms with Gasteiger partial charge in [0.15, 0.2) is 0 Å². The number of anilines is 1. The van der Waals surface area contributed by atoms with Crippen molar-refractivity contribution in [2.24, 2.45) is 11.7 Å². The molecule has 1 amide bonds. The molecule has 17 heavy (non-hydrogen) atoms. The van der Waals surface area contributed by atoms with Crippen molar-refractivity contribution in [1.29, 1.82) is 0 Å². The van der Waals surface area contributed by atoms with Gasteiger partial charge in [-0.2, -0.15) is 0 Å². The van der Waals surface area contributed by atoms with Gasteiger partial charge >= 0.3 is 0 Å². The summed E-state index contributed by atoms with van der Waals surface area (Å²) in [5.41, 5.74) is 7.26. The summed E-state index contributed by atoms with van der Waals surface area (Å²) in [6.45, 7) is 3.92. The molecule has 1 aromatic carbocycles. The van der Waals surface area contributed by atoms with Gasteiger partial charge in [-0.15, -0.1) is 0 Å². The van der Waals surface area contributed by atoms with Crippen molar-refractivity contribution in [3.63, 3.8) is 0 Å². The van der Waals surface area contributed by atoms with E-state index in [4.69, 9.17) is 10.8 Å². The van der Waals surface area contributed by atoms with E-state index < -0.39 is 6.04 Å². The Morgan fingerprint density at radius 3 is 2.82 bits per heavy atom. The van der Waals surface area contributed by atoms with E-state index in [9.17, 15) is 4.79 Å². The molecule has 94 valence electrons. The summed E-state index contributed by atoms with van der Waals surface area (Å²) in [5.74, 6) is -0.0366. The fraction of sp³-hybridized carbons (Fsp3) is 0.462. The first-order valence-corrected chi connectivity index (χ1v) is 5.84. The Hall–Kier alpha value is -1.39. The Labute approximate surface area is 102 Å². The first kappa shape index (κ1) is 13.7. The highest BCUT2D eigenvalue weighted by Crippen LogP contribution is 2.13. The van der Waals surface area contributed by atoms with Crippen LogP contribution in [0.25, 0.3) is 0 Å². The van der Waals surface area contributed by atoms with E-state index in [0.717, 1.165) is 12.0 Å². The van der Waals surface area contributed by atoms with Gasteiger partial charge in [-0.25, -0.2) is 0 Å². The summed E-state index contributed by atoms with van der Waals surface area (Å²) >= 11 is 0. The summed E-state index contributed by atoms with van der Waals surface area (Å²) in [7, 11) is 0. The second kappa shape index (κ2) is 6.37. The second-order valence-electron chi connectivity index (χ2n) is 4.26. The molecule has 0 aliphatic carbocycles. The summed E-state index contributed by atoms with van der Waals surface area (Å²) in [6, 6.07) is 6.60. The van der Waals surface area contributed by atoms with Crippen LogP contribution in [-0.2, 0) is 11.4 Å². The van der Waals surface area contributed by atoms with Crippen molar-refractivity contribution >= 4 is 11.6 Å². The van der Waals surface area contributed by atoms with Gasteiger partial charge in [-0.1, -0.05) is 32.4 Å². The zero-order valence-corrected chi connectivity index (χ0v) is 10.3. The molecule has 0 fully saturated rings. The molecule has 0 radical (unpaired) electrons. The molecule has 2 atom stereocenters. The fourth-order valence-electron chi connectivity index (χ4n) is 1.49. The Morgan fingerprint density at radius 1 is 1.53 bits per heavy atom. The molecule has 4 nitrogen and oxygen atoms in total. The van der Waals surface area contributed by atoms with Crippen molar-refractivity contribution in [3.05, 3.63) is 29.8 Å². The predicted octanol–water partition coefficient (Wildman–Crippen LogP) is 1.49. The molecular weight excluding hydrogens is 216 g/mol. The molecule has 0 saturated carbocycles. The fourth-order valence-corrected chi connectivity index (χ4v) is 1.49. The number of amides is 1. The summed E-state index contributed by atoms with van der Waals surface area (Å²) in [4.78, 5) is 11.8. The number of carbonyl (C=O) groups excluding carboxylic acids is 1. The lowest BCUT2D eigenvalue weighted by molar-refractivity contribution is -0.118. The number of benzene rings is 1. The van der Waals surface area contributed by atoms with Gasteiger partial charge in [-0.3, -0.25) is 4.79 Å². The molecule has 0 aliphatic rings. The molecule has 0 spiro atoms. The highest BCUT2D eigenvalue weighted by molar-refractivity contribution is 5.94. The summed E-state index contributed by atoms with van der Waals surface area (Å²) < 4.78 is 0. The van der Waals surface area contributed by atoms with Gasteiger partial charge in [0.2, 0.25) is 5.91 Å². The highest BCUT2D eigenvalue weighted by atomic mass is 16.3. The average Bonchev–Trinajstić information content (AvgIpc) is 2.37. The number of aliphatic hydroxyl groups excluding tert-OH is 1. The quantitative estimate of drug-likeness (QED) is 0.725. The summed E-state index contributed by atoms with van der Waals surface area (Å²) in [6.07, 6.45) is 0.866. The van der Waals surface area contributed by atoms with Gasteiger partial charge in [0, 0.05) is 5.69 Å². The molecule has 4 heteroatoms. The molecule has 0 aliphatic heterocycles. The molecule has 0 bridgehead atoms. The zero-order valence-electron chi connectivity index (χ0n) is 10.3. The highest BCUT2D eigenvalue weighted by Gasteiger charge is 2.19. The monoisotopic (exact) mass is 236 g/mol. The van der Waals surface area contributed by atoms with E-state index in [1.54, 1.807) is 24.3 Å². The number of hydrogen-bond donors (Lipinski definition) is 3. The Bertz CT molecular complexity index is 379. The molecule has 0 unspecified atom stereocenters. The van der Waals surface area contributed by atoms with Crippen LogP contribution in [-0.4, -0.2) is 17.1 Å². The number of rotatable bonds is 5. The maximum absolute atomic E-state index is 11.8. The van der Waals surface area contributed by atoms with Crippen LogP contribution in [0.4, 0.5) is 5.69 Å². The Kier molecular flexibility index (Phi) is 5.12. The van der Waals surface area contributed by atoms with Gasteiger partial charge in [-0.05, 0) is 23.6 Å². The topological polar surface area (TPSA) is 75.4 Å². The SMILES string of the molecule is CC[C@H](C)[C@H](N)C(=O)Nc1cccc(CO)c1. The van der Waals surface area contributed by atoms with Crippen LogP contribution in [0.5, 0.6) is 0 Å². The molecule has 0 heterocycles. The summed E-state index contributed by atoms with van der Waals surface area (Å²) in [5, 5.41) is 11.8. The van der Waals surface area contributed by atoms with Gasteiger partial charge in [0.1, 0.15) is 0 Å². The van der Waals surface area contributed by atoms with Crippen molar-refractivity contribution in [2.75, 3.05) is 5.32 Å².